The Morgan fingerprint density at radius 1 is 0.333 bits per heavy atom. The Morgan fingerprint density at radius 3 is 0.827 bits per heavy atom. The van der Waals surface area contributed by atoms with Crippen molar-refractivity contribution in [1.82, 2.24) is 19.6 Å². The van der Waals surface area contributed by atoms with Gasteiger partial charge in [0.15, 0.2) is 25.1 Å². The standard InChI is InChI=1S/C51H62F6N4O12S2/c52-50(53,54)49(51(55,56)57,27-1-19-37-39(25-27)47(68)60(45(37)66)31-7-15-35(16-8-31)74(70,71)33-11-3-29(4-12-33)58-41(62)21-22-42(58)63)28-2-20-38-40(26-28)48(69)61(46(38)67)32-9-17-36(18-10-32)75(72,73)34-13-5-30(6-14-34)59-43(64)23-24-44(59)65/h21-24,27-40H,1-20,25-26H2. The molecule has 8 fully saturated rings. The van der Waals surface area contributed by atoms with Gasteiger partial charge in [-0.15, -0.1) is 0 Å². The second-order valence-corrected chi connectivity index (χ2v) is 28.1. The summed E-state index contributed by atoms with van der Waals surface area (Å²) in [7, 11) is -7.48. The van der Waals surface area contributed by atoms with Crippen molar-refractivity contribution in [2.45, 2.75) is 199 Å². The molecule has 412 valence electrons. The second-order valence-electron chi connectivity index (χ2n) is 23.1. The summed E-state index contributed by atoms with van der Waals surface area (Å²) in [6, 6.07) is -2.46. The van der Waals surface area contributed by atoms with E-state index in [0.717, 1.165) is 19.6 Å². The Labute approximate surface area is 430 Å². The van der Waals surface area contributed by atoms with Crippen LogP contribution in [0.1, 0.15) is 141 Å². The van der Waals surface area contributed by atoms with Crippen LogP contribution in [-0.2, 0) is 58.0 Å². The van der Waals surface area contributed by atoms with E-state index in [4.69, 9.17) is 0 Å². The summed E-state index contributed by atoms with van der Waals surface area (Å²) in [4.78, 5) is 109. The van der Waals surface area contributed by atoms with Crippen molar-refractivity contribution < 1.29 is 81.5 Å². The molecule has 10 rings (SSSR count). The van der Waals surface area contributed by atoms with Gasteiger partial charge in [-0.25, -0.2) is 16.8 Å². The summed E-state index contributed by atoms with van der Waals surface area (Å²) in [5.74, 6) is -14.7. The summed E-state index contributed by atoms with van der Waals surface area (Å²) in [5.41, 5.74) is -4.40. The molecule has 6 aliphatic carbocycles. The zero-order valence-corrected chi connectivity index (χ0v) is 42.9. The molecule has 10 aliphatic rings. The van der Waals surface area contributed by atoms with Crippen LogP contribution in [0.15, 0.2) is 24.3 Å². The first-order chi connectivity index (χ1) is 35.3. The number of halogens is 6. The summed E-state index contributed by atoms with van der Waals surface area (Å²) in [5, 5.41) is -3.11. The van der Waals surface area contributed by atoms with Gasteiger partial charge in [-0.3, -0.25) is 58.0 Å². The number of hydrogen-bond donors (Lipinski definition) is 0. The molecule has 6 atom stereocenters. The quantitative estimate of drug-likeness (QED) is 0.187. The van der Waals surface area contributed by atoms with Gasteiger partial charge in [-0.05, 0) is 153 Å². The lowest BCUT2D eigenvalue weighted by Gasteiger charge is -2.52. The molecule has 0 radical (unpaired) electrons. The number of fused-ring (bicyclic) bond motifs is 2. The van der Waals surface area contributed by atoms with Crippen LogP contribution in [0.2, 0.25) is 0 Å². The molecule has 16 nitrogen and oxygen atoms in total. The van der Waals surface area contributed by atoms with Gasteiger partial charge in [-0.1, -0.05) is 0 Å². The first-order valence-corrected chi connectivity index (χ1v) is 29.9. The van der Waals surface area contributed by atoms with E-state index in [9.17, 15) is 55.2 Å². The third-order valence-electron chi connectivity index (χ3n) is 19.7. The van der Waals surface area contributed by atoms with Crippen molar-refractivity contribution in [3.8, 4) is 0 Å². The SMILES string of the molecule is O=C1C=CC(=O)N1C1CCC(S(=O)(=O)C2CCC(N3C(=O)C4CCC(C(C5CCC6C(=O)N(C7CCC(S(=O)(=O)C8CCC(N9C(=O)C=CC9=O)CC8)CC7)C(=O)C6C5)(C(F)(F)F)C(F)(F)F)CC4C3=O)CC2)CC1. The lowest BCUT2D eigenvalue weighted by Crippen LogP contribution is -2.61. The third-order valence-corrected chi connectivity index (χ3v) is 25.3. The number of carbonyl (C=O) groups excluding carboxylic acids is 8. The molecular weight excluding hydrogens is 1040 g/mol. The fourth-order valence-corrected chi connectivity index (χ4v) is 20.8. The van der Waals surface area contributed by atoms with Crippen LogP contribution in [0, 0.1) is 40.9 Å². The van der Waals surface area contributed by atoms with Gasteiger partial charge < -0.3 is 0 Å². The van der Waals surface area contributed by atoms with Crippen molar-refractivity contribution in [2.24, 2.45) is 40.9 Å². The number of likely N-dealkylation sites (tertiary alicyclic amines) is 2. The second kappa shape index (κ2) is 19.5. The van der Waals surface area contributed by atoms with Crippen molar-refractivity contribution in [2.75, 3.05) is 0 Å². The van der Waals surface area contributed by atoms with Crippen molar-refractivity contribution in [1.29, 1.82) is 0 Å². The lowest BCUT2D eigenvalue weighted by molar-refractivity contribution is -0.383. The molecule has 6 unspecified atom stereocenters. The fraction of sp³-hybridized carbons (Fsp3) is 0.765. The van der Waals surface area contributed by atoms with E-state index >= 15 is 26.3 Å². The minimum absolute atomic E-state index is 0.0694. The predicted molar refractivity (Wildman–Crippen MR) is 251 cm³/mol. The third kappa shape index (κ3) is 8.82. The number of imide groups is 4. The number of alkyl halides is 6. The van der Waals surface area contributed by atoms with Crippen molar-refractivity contribution in [3.05, 3.63) is 24.3 Å². The van der Waals surface area contributed by atoms with E-state index in [-0.39, 0.29) is 77.0 Å². The monoisotopic (exact) mass is 1100 g/mol. The molecule has 0 spiro atoms. The maximum absolute atomic E-state index is 15.8. The Bertz CT molecular complexity index is 2480. The van der Waals surface area contributed by atoms with Gasteiger partial charge in [-0.2, -0.15) is 26.3 Å². The van der Waals surface area contributed by atoms with Gasteiger partial charge in [0.25, 0.3) is 23.6 Å². The van der Waals surface area contributed by atoms with Crippen LogP contribution in [-0.4, -0.2) is 141 Å². The summed E-state index contributed by atoms with van der Waals surface area (Å²) in [6.07, 6.45) is -8.52. The topological polar surface area (TPSA) is 218 Å². The minimum Gasteiger partial charge on any atom is -0.279 e. The van der Waals surface area contributed by atoms with Gasteiger partial charge in [0.1, 0.15) is 0 Å². The molecule has 0 aromatic rings. The highest BCUT2D eigenvalue weighted by atomic mass is 32.2. The number of sulfone groups is 2. The molecule has 0 aromatic carbocycles. The highest BCUT2D eigenvalue weighted by Gasteiger charge is 2.78. The average molecular weight is 1100 g/mol. The molecule has 0 bridgehead atoms. The van der Waals surface area contributed by atoms with Crippen molar-refractivity contribution in [3.63, 3.8) is 0 Å². The van der Waals surface area contributed by atoms with Crippen LogP contribution in [0.3, 0.4) is 0 Å². The van der Waals surface area contributed by atoms with Gasteiger partial charge >= 0.3 is 12.4 Å². The maximum atomic E-state index is 15.8. The van der Waals surface area contributed by atoms with Gasteiger partial charge in [0, 0.05) is 48.5 Å². The molecule has 4 aliphatic heterocycles. The molecule has 24 heteroatoms. The molecule has 8 amide bonds. The molecule has 2 saturated heterocycles. The summed E-state index contributed by atoms with van der Waals surface area (Å²) in [6.45, 7) is 0. The number of nitrogens with zero attached hydrogens (tertiary/aromatic N) is 4. The van der Waals surface area contributed by atoms with E-state index in [1.807, 2.05) is 0 Å². The summed E-state index contributed by atoms with van der Waals surface area (Å²) < 4.78 is 150. The fourth-order valence-electron chi connectivity index (χ4n) is 16.0. The molecule has 0 aromatic heterocycles. The molecular formula is C51H62F6N4O12S2. The molecule has 4 heterocycles. The van der Waals surface area contributed by atoms with E-state index in [2.05, 4.69) is 0 Å². The first-order valence-electron chi connectivity index (χ1n) is 26.7. The van der Waals surface area contributed by atoms with E-state index in [0.29, 0.717) is 25.7 Å². The normalized spacial score (nSPS) is 37.6. The van der Waals surface area contributed by atoms with Gasteiger partial charge in [0.05, 0.1) is 44.7 Å². The largest absolute Gasteiger partial charge is 0.403 e. The van der Waals surface area contributed by atoms with Crippen molar-refractivity contribution >= 4 is 66.9 Å². The smallest absolute Gasteiger partial charge is 0.279 e. The zero-order valence-electron chi connectivity index (χ0n) is 41.2. The lowest BCUT2D eigenvalue weighted by atomic mass is 9.54. The zero-order chi connectivity index (χ0) is 53.9. The van der Waals surface area contributed by atoms with Crippen LogP contribution in [0.4, 0.5) is 26.3 Å². The molecule has 75 heavy (non-hydrogen) atoms. The minimum atomic E-state index is -5.93. The first kappa shape index (κ1) is 53.9. The molecule has 0 N–H and O–H groups in total. The van der Waals surface area contributed by atoms with Crippen LogP contribution < -0.4 is 0 Å². The van der Waals surface area contributed by atoms with E-state index in [1.165, 1.54) is 24.3 Å². The Balaban J connectivity index is 0.772. The van der Waals surface area contributed by atoms with E-state index in [1.54, 1.807) is 0 Å². The Hall–Kier alpha value is -4.48. The number of hydrogen-bond acceptors (Lipinski definition) is 12. The number of amides is 8. The van der Waals surface area contributed by atoms with E-state index < -0.39 is 204 Å². The number of carbonyl (C=O) groups is 8. The average Bonchev–Trinajstić information content (AvgIpc) is 4.05. The highest BCUT2D eigenvalue weighted by molar-refractivity contribution is 7.92. The number of rotatable bonds is 10. The Kier molecular flexibility index (Phi) is 14.0. The van der Waals surface area contributed by atoms with Gasteiger partial charge in [0.2, 0.25) is 23.6 Å². The Morgan fingerprint density at radius 2 is 0.573 bits per heavy atom. The summed E-state index contributed by atoms with van der Waals surface area (Å²) >= 11 is 0. The van der Waals surface area contributed by atoms with Crippen LogP contribution >= 0.6 is 0 Å². The highest BCUT2D eigenvalue weighted by Crippen LogP contribution is 2.67. The molecule has 6 saturated carbocycles. The van der Waals surface area contributed by atoms with Crippen LogP contribution in [0.25, 0.3) is 0 Å². The maximum Gasteiger partial charge on any atom is 0.403 e. The predicted octanol–water partition coefficient (Wildman–Crippen LogP) is 5.82. The van der Waals surface area contributed by atoms with Crippen LogP contribution in [0.5, 0.6) is 0 Å².